The molecule has 2 saturated heterocycles. The molecule has 1 aromatic carbocycles. The first-order valence-electron chi connectivity index (χ1n) is 10.4. The second-order valence-corrected chi connectivity index (χ2v) is 10.1. The second kappa shape index (κ2) is 8.37. The molecule has 0 spiro atoms. The van der Waals surface area contributed by atoms with Gasteiger partial charge in [0.2, 0.25) is 0 Å². The quantitative estimate of drug-likeness (QED) is 0.701. The third kappa shape index (κ3) is 4.46. The second-order valence-electron chi connectivity index (χ2n) is 8.04. The van der Waals surface area contributed by atoms with E-state index in [1.807, 2.05) is 4.90 Å². The van der Waals surface area contributed by atoms with Crippen molar-refractivity contribution in [2.75, 3.05) is 12.9 Å². The van der Waals surface area contributed by atoms with Crippen LogP contribution in [-0.2, 0) is 14.6 Å². The topological polar surface area (TPSA) is 94.9 Å². The summed E-state index contributed by atoms with van der Waals surface area (Å²) < 4.78 is 35.9. The van der Waals surface area contributed by atoms with Gasteiger partial charge in [0.1, 0.15) is 11.9 Å². The minimum atomic E-state index is -3.29. The maximum atomic E-state index is 12.6. The van der Waals surface area contributed by atoms with E-state index in [-0.39, 0.29) is 34.7 Å². The first kappa shape index (κ1) is 21.4. The summed E-state index contributed by atoms with van der Waals surface area (Å²) in [5.41, 5.74) is 0.307. The Kier molecular flexibility index (Phi) is 5.79. The highest BCUT2D eigenvalue weighted by Crippen LogP contribution is 2.37. The fraction of sp³-hybridized carbons (Fsp3) is 0.455. The Morgan fingerprint density at radius 1 is 1.10 bits per heavy atom. The zero-order valence-corrected chi connectivity index (χ0v) is 18.4. The molecule has 2 aliphatic rings. The lowest BCUT2D eigenvalue weighted by molar-refractivity contribution is 0.0352. The highest BCUT2D eigenvalue weighted by molar-refractivity contribution is 7.90. The van der Waals surface area contributed by atoms with Crippen LogP contribution >= 0.6 is 0 Å². The third-order valence-electron chi connectivity index (χ3n) is 5.91. The lowest BCUT2D eigenvalue weighted by Crippen LogP contribution is -2.49. The van der Waals surface area contributed by atoms with Crippen molar-refractivity contribution in [3.8, 4) is 11.4 Å². The molecule has 8 nitrogen and oxygen atoms in total. The summed E-state index contributed by atoms with van der Waals surface area (Å²) >= 11 is 0. The lowest BCUT2D eigenvalue weighted by Gasteiger charge is -2.38. The van der Waals surface area contributed by atoms with Gasteiger partial charge in [0.25, 0.3) is 5.56 Å². The Labute approximate surface area is 181 Å². The van der Waals surface area contributed by atoms with Crippen LogP contribution in [0.25, 0.3) is 5.69 Å². The van der Waals surface area contributed by atoms with Gasteiger partial charge in [-0.05, 0) is 50.1 Å². The van der Waals surface area contributed by atoms with E-state index in [2.05, 4.69) is 0 Å². The molecule has 9 heteroatoms. The molecule has 1 amide bonds. The molecule has 0 aliphatic carbocycles. The number of ether oxygens (including phenoxy) is 2. The number of fused-ring (bicyclic) bond motifs is 2. The highest BCUT2D eigenvalue weighted by Gasteiger charge is 2.44. The fourth-order valence-corrected chi connectivity index (χ4v) is 5.14. The smallest absolute Gasteiger partial charge is 0.410 e. The number of amides is 1. The summed E-state index contributed by atoms with van der Waals surface area (Å²) in [5.74, 6) is 0.489. The van der Waals surface area contributed by atoms with Gasteiger partial charge in [-0.15, -0.1) is 0 Å². The van der Waals surface area contributed by atoms with Gasteiger partial charge in [0.15, 0.2) is 9.84 Å². The summed E-state index contributed by atoms with van der Waals surface area (Å²) in [6.45, 7) is 2.17. The molecule has 0 N–H and O–H groups in total. The van der Waals surface area contributed by atoms with E-state index in [1.165, 1.54) is 22.8 Å². The number of hydrogen-bond acceptors (Lipinski definition) is 6. The van der Waals surface area contributed by atoms with Gasteiger partial charge >= 0.3 is 6.09 Å². The van der Waals surface area contributed by atoms with Crippen LogP contribution in [0.3, 0.4) is 0 Å². The zero-order chi connectivity index (χ0) is 22.2. The molecule has 3 heterocycles. The van der Waals surface area contributed by atoms with Crippen molar-refractivity contribution in [1.29, 1.82) is 0 Å². The Balaban J connectivity index is 1.45. The Hall–Kier alpha value is -2.81. The predicted octanol–water partition coefficient (Wildman–Crippen LogP) is 2.77. The minimum Gasteiger partial charge on any atom is -0.490 e. The Morgan fingerprint density at radius 2 is 1.74 bits per heavy atom. The number of hydrogen-bond donors (Lipinski definition) is 0. The molecular formula is C22H26N2O6S. The number of piperidine rings is 1. The summed E-state index contributed by atoms with van der Waals surface area (Å²) in [7, 11) is -3.29. The van der Waals surface area contributed by atoms with Crippen LogP contribution in [0.4, 0.5) is 4.79 Å². The van der Waals surface area contributed by atoms with E-state index in [0.29, 0.717) is 30.9 Å². The predicted molar refractivity (Wildman–Crippen MR) is 114 cm³/mol. The first-order valence-corrected chi connectivity index (χ1v) is 12.3. The van der Waals surface area contributed by atoms with Crippen molar-refractivity contribution in [3.63, 3.8) is 0 Å². The summed E-state index contributed by atoms with van der Waals surface area (Å²) in [6, 6.07) is 9.54. The number of sulfone groups is 1. The van der Waals surface area contributed by atoms with Gasteiger partial charge in [-0.3, -0.25) is 9.36 Å². The number of carbonyl (C=O) groups excluding carboxylic acids is 1. The van der Waals surface area contributed by atoms with Crippen LogP contribution in [0, 0.1) is 0 Å². The summed E-state index contributed by atoms with van der Waals surface area (Å²) in [6.07, 6.45) is 5.75. The van der Waals surface area contributed by atoms with Crippen molar-refractivity contribution in [3.05, 3.63) is 52.9 Å². The highest BCUT2D eigenvalue weighted by atomic mass is 32.2. The molecule has 2 aliphatic heterocycles. The average Bonchev–Trinajstić information content (AvgIpc) is 2.99. The van der Waals surface area contributed by atoms with Crippen LogP contribution in [0.15, 0.2) is 52.3 Å². The number of rotatable bonds is 5. The molecule has 31 heavy (non-hydrogen) atoms. The van der Waals surface area contributed by atoms with Gasteiger partial charge in [-0.1, -0.05) is 0 Å². The summed E-state index contributed by atoms with van der Waals surface area (Å²) in [5, 5.41) is 0. The van der Waals surface area contributed by atoms with E-state index in [1.54, 1.807) is 31.3 Å². The van der Waals surface area contributed by atoms with Crippen LogP contribution < -0.4 is 10.3 Å². The van der Waals surface area contributed by atoms with Gasteiger partial charge in [0, 0.05) is 49.1 Å². The van der Waals surface area contributed by atoms with Gasteiger partial charge in [0.05, 0.1) is 11.5 Å². The first-order chi connectivity index (χ1) is 14.8. The molecular weight excluding hydrogens is 420 g/mol. The normalized spacial score (nSPS) is 22.9. The summed E-state index contributed by atoms with van der Waals surface area (Å²) in [4.78, 5) is 26.9. The molecule has 2 atom stereocenters. The molecule has 4 rings (SSSR count). The van der Waals surface area contributed by atoms with Crippen LogP contribution in [0.5, 0.6) is 5.75 Å². The number of carbonyl (C=O) groups is 1. The standard InChI is InChI=1S/C22H26N2O6S/c1-3-29-22(26)24-16-4-5-17(24)13-19(12-16)30-18-10-11-23(21(25)14-18)15-6-8-20(9-7-15)31(2,27)28/h6-11,14,16-17,19H,3-5,12-13H2,1-2H3/t16-,17-/m1/s1. The minimum absolute atomic E-state index is 0.0625. The largest absolute Gasteiger partial charge is 0.490 e. The van der Waals surface area contributed by atoms with Crippen molar-refractivity contribution in [2.24, 2.45) is 0 Å². The number of benzene rings is 1. The maximum absolute atomic E-state index is 12.6. The van der Waals surface area contributed by atoms with Gasteiger partial charge < -0.3 is 14.4 Å². The van der Waals surface area contributed by atoms with E-state index >= 15 is 0 Å². The molecule has 0 saturated carbocycles. The molecule has 1 aromatic heterocycles. The van der Waals surface area contributed by atoms with E-state index < -0.39 is 9.84 Å². The van der Waals surface area contributed by atoms with Gasteiger partial charge in [-0.25, -0.2) is 13.2 Å². The maximum Gasteiger partial charge on any atom is 0.410 e. The molecule has 2 bridgehead atoms. The Morgan fingerprint density at radius 3 is 2.29 bits per heavy atom. The number of nitrogens with zero attached hydrogens (tertiary/aromatic N) is 2. The number of aromatic nitrogens is 1. The van der Waals surface area contributed by atoms with Crippen molar-refractivity contribution in [2.45, 2.75) is 55.7 Å². The fourth-order valence-electron chi connectivity index (χ4n) is 4.51. The van der Waals surface area contributed by atoms with Crippen LogP contribution in [0.2, 0.25) is 0 Å². The Bertz CT molecular complexity index is 1110. The molecule has 2 aromatic rings. The van der Waals surface area contributed by atoms with Crippen LogP contribution in [-0.4, -0.2) is 55.0 Å². The molecule has 2 fully saturated rings. The average molecular weight is 447 g/mol. The van der Waals surface area contributed by atoms with E-state index in [9.17, 15) is 18.0 Å². The van der Waals surface area contributed by atoms with Crippen LogP contribution in [0.1, 0.15) is 32.6 Å². The molecule has 0 radical (unpaired) electrons. The zero-order valence-electron chi connectivity index (χ0n) is 17.6. The van der Waals surface area contributed by atoms with Crippen molar-refractivity contribution >= 4 is 15.9 Å². The lowest BCUT2D eigenvalue weighted by atomic mass is 10.0. The van der Waals surface area contributed by atoms with Crippen molar-refractivity contribution < 1.29 is 22.7 Å². The van der Waals surface area contributed by atoms with E-state index in [4.69, 9.17) is 9.47 Å². The molecule has 166 valence electrons. The third-order valence-corrected chi connectivity index (χ3v) is 7.03. The number of pyridine rings is 1. The van der Waals surface area contributed by atoms with Gasteiger partial charge in [-0.2, -0.15) is 0 Å². The van der Waals surface area contributed by atoms with Crippen molar-refractivity contribution in [1.82, 2.24) is 9.47 Å². The SMILES string of the molecule is CCOC(=O)N1[C@@H]2CC[C@@H]1CC(Oc1ccn(-c3ccc(S(C)(=O)=O)cc3)c(=O)c1)C2. The van der Waals surface area contributed by atoms with E-state index in [0.717, 1.165) is 19.1 Å². The molecule has 0 unspecified atom stereocenters. The monoisotopic (exact) mass is 446 g/mol.